The van der Waals surface area contributed by atoms with Crippen LogP contribution in [0.4, 0.5) is 0 Å². The molecule has 0 aromatic carbocycles. The zero-order valence-corrected chi connectivity index (χ0v) is 9.06. The Labute approximate surface area is 94.5 Å². The maximum atomic E-state index is 4.39. The molecule has 3 aliphatic heterocycles. The van der Waals surface area contributed by atoms with Crippen LogP contribution in [0.15, 0.2) is 30.7 Å². The second-order valence-electron chi connectivity index (χ2n) is 4.85. The summed E-state index contributed by atoms with van der Waals surface area (Å²) in [5.74, 6) is 2.47. The first kappa shape index (κ1) is 8.65. The van der Waals surface area contributed by atoms with Gasteiger partial charge in [0.05, 0.1) is 6.20 Å². The Morgan fingerprint density at radius 3 is 3.00 bits per heavy atom. The van der Waals surface area contributed by atoms with Gasteiger partial charge in [-0.15, -0.1) is 0 Å². The van der Waals surface area contributed by atoms with Gasteiger partial charge in [0.1, 0.15) is 6.20 Å². The molecule has 0 aromatic heterocycles. The molecule has 3 nitrogen and oxygen atoms in total. The SMILES string of the molecule is c1c[n+]2ccc3c(cc-2n1)C1CNCC3C1. The van der Waals surface area contributed by atoms with Gasteiger partial charge in [0.2, 0.25) is 0 Å². The highest BCUT2D eigenvalue weighted by atomic mass is 15.1. The summed E-state index contributed by atoms with van der Waals surface area (Å²) in [5.41, 5.74) is 3.04. The fourth-order valence-electron chi connectivity index (χ4n) is 3.18. The highest BCUT2D eigenvalue weighted by molar-refractivity contribution is 5.40. The molecule has 0 aromatic rings. The van der Waals surface area contributed by atoms with Crippen LogP contribution in [0.2, 0.25) is 0 Å². The van der Waals surface area contributed by atoms with Crippen molar-refractivity contribution in [3.8, 4) is 5.82 Å². The largest absolute Gasteiger partial charge is 0.328 e. The Bertz CT molecular complexity index is 523. The first-order valence-electron chi connectivity index (χ1n) is 5.92. The van der Waals surface area contributed by atoms with Crippen LogP contribution < -0.4 is 9.88 Å². The molecule has 2 unspecified atom stereocenters. The number of fused-ring (bicyclic) bond motifs is 6. The van der Waals surface area contributed by atoms with E-state index in [4.69, 9.17) is 0 Å². The second-order valence-corrected chi connectivity index (χ2v) is 4.85. The van der Waals surface area contributed by atoms with Crippen molar-refractivity contribution in [2.24, 2.45) is 0 Å². The molecular formula is C13H14N3+. The molecular weight excluding hydrogens is 198 g/mol. The Morgan fingerprint density at radius 2 is 2.06 bits per heavy atom. The van der Waals surface area contributed by atoms with E-state index in [1.54, 1.807) is 0 Å². The summed E-state index contributed by atoms with van der Waals surface area (Å²) in [6.07, 6.45) is 7.33. The fraction of sp³-hybridized carbons (Fsp3) is 0.385. The van der Waals surface area contributed by atoms with Crippen LogP contribution in [0.25, 0.3) is 5.82 Å². The van der Waals surface area contributed by atoms with E-state index < -0.39 is 0 Å². The minimum absolute atomic E-state index is 0.696. The Morgan fingerprint density at radius 1 is 1.19 bits per heavy atom. The van der Waals surface area contributed by atoms with Gasteiger partial charge < -0.3 is 5.32 Å². The van der Waals surface area contributed by atoms with E-state index in [9.17, 15) is 0 Å². The summed E-state index contributed by atoms with van der Waals surface area (Å²) in [5, 5.41) is 3.52. The fourth-order valence-corrected chi connectivity index (χ4v) is 3.18. The number of piperidine rings is 1. The summed E-state index contributed by atoms with van der Waals surface area (Å²) < 4.78 is 2.10. The molecule has 2 atom stereocenters. The summed E-state index contributed by atoms with van der Waals surface area (Å²) in [7, 11) is 0. The van der Waals surface area contributed by atoms with E-state index in [1.165, 1.54) is 17.5 Å². The number of hydrogen-bond acceptors (Lipinski definition) is 2. The van der Waals surface area contributed by atoms with Crippen molar-refractivity contribution in [3.63, 3.8) is 0 Å². The van der Waals surface area contributed by atoms with Crippen molar-refractivity contribution >= 4 is 0 Å². The normalized spacial score (nSPS) is 27.0. The molecule has 0 saturated carbocycles. The van der Waals surface area contributed by atoms with Crippen LogP contribution in [0.1, 0.15) is 29.4 Å². The Kier molecular flexibility index (Phi) is 1.63. The lowest BCUT2D eigenvalue weighted by molar-refractivity contribution is -0.594. The van der Waals surface area contributed by atoms with Gasteiger partial charge in [0, 0.05) is 19.2 Å². The third-order valence-corrected chi connectivity index (χ3v) is 3.96. The molecule has 16 heavy (non-hydrogen) atoms. The zero-order chi connectivity index (χ0) is 10.5. The quantitative estimate of drug-likeness (QED) is 0.659. The van der Waals surface area contributed by atoms with Gasteiger partial charge in [0.15, 0.2) is 6.20 Å². The molecule has 80 valence electrons. The average Bonchev–Trinajstić information content (AvgIpc) is 2.78. The van der Waals surface area contributed by atoms with Crippen LogP contribution in [0, 0.1) is 0 Å². The lowest BCUT2D eigenvalue weighted by atomic mass is 9.97. The van der Waals surface area contributed by atoms with E-state index in [2.05, 4.69) is 33.2 Å². The number of nitrogens with zero attached hydrogens (tertiary/aromatic N) is 2. The van der Waals surface area contributed by atoms with Crippen molar-refractivity contribution in [3.05, 3.63) is 41.9 Å². The van der Waals surface area contributed by atoms with Crippen LogP contribution in [0.5, 0.6) is 0 Å². The standard InChI is InChI=1S/C13H14N3/c1-3-16-4-2-15-13(16)6-12-10-5-9(11(1)12)7-14-8-10/h1-4,6,9-10,14H,5,7-8H2/q+1. The monoisotopic (exact) mass is 212 g/mol. The molecule has 1 aliphatic carbocycles. The summed E-state index contributed by atoms with van der Waals surface area (Å²) >= 11 is 0. The van der Waals surface area contributed by atoms with E-state index in [1.807, 2.05) is 12.4 Å². The van der Waals surface area contributed by atoms with Crippen molar-refractivity contribution < 1.29 is 4.57 Å². The average molecular weight is 212 g/mol. The number of imidazole rings is 1. The molecule has 1 fully saturated rings. The van der Waals surface area contributed by atoms with Gasteiger partial charge in [-0.3, -0.25) is 0 Å². The maximum absolute atomic E-state index is 4.39. The van der Waals surface area contributed by atoms with Crippen molar-refractivity contribution in [2.45, 2.75) is 18.3 Å². The Balaban J connectivity index is 1.99. The van der Waals surface area contributed by atoms with Crippen molar-refractivity contribution in [2.75, 3.05) is 13.1 Å². The predicted octanol–water partition coefficient (Wildman–Crippen LogP) is 0.970. The molecule has 1 N–H and O–H groups in total. The summed E-state index contributed by atoms with van der Waals surface area (Å²) in [6.45, 7) is 2.26. The van der Waals surface area contributed by atoms with E-state index in [0.29, 0.717) is 11.8 Å². The number of rotatable bonds is 0. The Hall–Kier alpha value is -1.48. The summed E-state index contributed by atoms with van der Waals surface area (Å²) in [6, 6.07) is 4.55. The van der Waals surface area contributed by atoms with E-state index >= 15 is 0 Å². The van der Waals surface area contributed by atoms with Gasteiger partial charge in [-0.1, -0.05) is 0 Å². The molecule has 3 heteroatoms. The van der Waals surface area contributed by atoms with Gasteiger partial charge in [-0.2, -0.15) is 4.57 Å². The first-order chi connectivity index (χ1) is 7.92. The van der Waals surface area contributed by atoms with Crippen molar-refractivity contribution in [1.82, 2.24) is 10.3 Å². The van der Waals surface area contributed by atoms with Gasteiger partial charge >= 0.3 is 5.82 Å². The molecule has 4 aliphatic rings. The van der Waals surface area contributed by atoms with Crippen LogP contribution in [-0.2, 0) is 0 Å². The van der Waals surface area contributed by atoms with Gasteiger partial charge in [0.25, 0.3) is 0 Å². The van der Waals surface area contributed by atoms with Gasteiger partial charge in [-0.25, -0.2) is 0 Å². The third-order valence-electron chi connectivity index (χ3n) is 3.96. The van der Waals surface area contributed by atoms with Crippen molar-refractivity contribution in [1.29, 1.82) is 0 Å². The lowest BCUT2D eigenvalue weighted by Gasteiger charge is -2.20. The van der Waals surface area contributed by atoms with Crippen LogP contribution in [-0.4, -0.2) is 18.1 Å². The zero-order valence-electron chi connectivity index (χ0n) is 9.06. The molecule has 0 spiro atoms. The minimum Gasteiger partial charge on any atom is -0.316 e. The lowest BCUT2D eigenvalue weighted by Crippen LogP contribution is -2.29. The third kappa shape index (κ3) is 1.06. The van der Waals surface area contributed by atoms with E-state index in [-0.39, 0.29) is 0 Å². The predicted molar refractivity (Wildman–Crippen MR) is 59.9 cm³/mol. The summed E-state index contributed by atoms with van der Waals surface area (Å²) in [4.78, 5) is 4.39. The molecule has 0 radical (unpaired) electrons. The van der Waals surface area contributed by atoms with Crippen LogP contribution >= 0.6 is 0 Å². The van der Waals surface area contributed by atoms with Crippen LogP contribution in [0.3, 0.4) is 0 Å². The number of hydrogen-bond donors (Lipinski definition) is 1. The topological polar surface area (TPSA) is 28.8 Å². The maximum Gasteiger partial charge on any atom is 0.328 e. The molecule has 1 saturated heterocycles. The second kappa shape index (κ2) is 3.01. The van der Waals surface area contributed by atoms with Gasteiger partial charge in [-0.05, 0) is 40.4 Å². The molecule has 0 amide bonds. The highest BCUT2D eigenvalue weighted by Gasteiger charge is 2.34. The minimum atomic E-state index is 0.696. The molecule has 2 bridgehead atoms. The number of nitrogens with one attached hydrogen (secondary N) is 1. The van der Waals surface area contributed by atoms with E-state index in [0.717, 1.165) is 18.9 Å². The number of aromatic nitrogens is 2. The molecule has 3 heterocycles. The highest BCUT2D eigenvalue weighted by Crippen LogP contribution is 2.42. The first-order valence-corrected chi connectivity index (χ1v) is 5.92. The molecule has 4 rings (SSSR count). The smallest absolute Gasteiger partial charge is 0.316 e.